The summed E-state index contributed by atoms with van der Waals surface area (Å²) in [5.41, 5.74) is 9.75. The summed E-state index contributed by atoms with van der Waals surface area (Å²) in [4.78, 5) is 4.21. The molecular weight excluding hydrogens is 212 g/mol. The minimum Gasteiger partial charge on any atom is -0.439 e. The van der Waals surface area contributed by atoms with Crippen LogP contribution in [0.5, 0.6) is 11.6 Å². The molecule has 0 aliphatic carbocycles. The number of aryl methyl sites for hydroxylation is 3. The van der Waals surface area contributed by atoms with Gasteiger partial charge in [0.1, 0.15) is 5.75 Å². The van der Waals surface area contributed by atoms with Crippen LogP contribution >= 0.6 is 0 Å². The lowest BCUT2D eigenvalue weighted by Crippen LogP contribution is -1.95. The number of nitrogens with zero attached hydrogens (tertiary/aromatic N) is 1. The molecule has 0 radical (unpaired) electrons. The average Bonchev–Trinajstić information content (AvgIpc) is 2.29. The quantitative estimate of drug-likeness (QED) is 0.801. The van der Waals surface area contributed by atoms with Crippen molar-refractivity contribution >= 4 is 5.69 Å². The lowest BCUT2D eigenvalue weighted by molar-refractivity contribution is 0.459. The molecular formula is C14H16N2O. The standard InChI is InChI=1S/C14H16N2O/c1-9-4-5-14(16-8-9)17-13-7-10(2)12(15)6-11(13)3/h4-8H,15H2,1-3H3. The van der Waals surface area contributed by atoms with Gasteiger partial charge in [-0.3, -0.25) is 0 Å². The molecule has 0 saturated heterocycles. The van der Waals surface area contributed by atoms with Gasteiger partial charge in [0.25, 0.3) is 0 Å². The monoisotopic (exact) mass is 228 g/mol. The number of anilines is 1. The van der Waals surface area contributed by atoms with Crippen LogP contribution in [0.2, 0.25) is 0 Å². The van der Waals surface area contributed by atoms with E-state index in [4.69, 9.17) is 10.5 Å². The normalized spacial score (nSPS) is 10.3. The zero-order chi connectivity index (χ0) is 12.4. The van der Waals surface area contributed by atoms with Crippen molar-refractivity contribution in [3.8, 4) is 11.6 Å². The molecule has 0 bridgehead atoms. The Hall–Kier alpha value is -2.03. The Morgan fingerprint density at radius 3 is 2.47 bits per heavy atom. The van der Waals surface area contributed by atoms with Gasteiger partial charge in [-0.15, -0.1) is 0 Å². The molecule has 2 aromatic rings. The predicted octanol–water partition coefficient (Wildman–Crippen LogP) is 3.38. The predicted molar refractivity (Wildman–Crippen MR) is 69.4 cm³/mol. The smallest absolute Gasteiger partial charge is 0.219 e. The summed E-state index contributed by atoms with van der Waals surface area (Å²) in [5, 5.41) is 0. The number of rotatable bonds is 2. The van der Waals surface area contributed by atoms with Gasteiger partial charge in [0.2, 0.25) is 5.88 Å². The van der Waals surface area contributed by atoms with Crippen molar-refractivity contribution in [3.05, 3.63) is 47.2 Å². The summed E-state index contributed by atoms with van der Waals surface area (Å²) in [7, 11) is 0. The molecule has 17 heavy (non-hydrogen) atoms. The van der Waals surface area contributed by atoms with Gasteiger partial charge in [0.05, 0.1) is 0 Å². The molecule has 0 aliphatic heterocycles. The van der Waals surface area contributed by atoms with Gasteiger partial charge in [-0.25, -0.2) is 4.98 Å². The highest BCUT2D eigenvalue weighted by molar-refractivity contribution is 5.54. The molecule has 0 atom stereocenters. The summed E-state index contributed by atoms with van der Waals surface area (Å²) in [5.74, 6) is 1.40. The van der Waals surface area contributed by atoms with Crippen molar-refractivity contribution in [1.82, 2.24) is 4.98 Å². The minimum atomic E-state index is 0.600. The van der Waals surface area contributed by atoms with Gasteiger partial charge in [0.15, 0.2) is 0 Å². The van der Waals surface area contributed by atoms with Gasteiger partial charge in [0, 0.05) is 18.0 Å². The van der Waals surface area contributed by atoms with E-state index in [2.05, 4.69) is 4.98 Å². The molecule has 0 saturated carbocycles. The average molecular weight is 228 g/mol. The van der Waals surface area contributed by atoms with E-state index in [0.717, 1.165) is 28.1 Å². The van der Waals surface area contributed by atoms with Crippen LogP contribution in [-0.2, 0) is 0 Å². The summed E-state index contributed by atoms with van der Waals surface area (Å²) >= 11 is 0. The second-order valence-electron chi connectivity index (χ2n) is 4.25. The van der Waals surface area contributed by atoms with Crippen LogP contribution in [-0.4, -0.2) is 4.98 Å². The number of aromatic nitrogens is 1. The van der Waals surface area contributed by atoms with Crippen molar-refractivity contribution in [2.75, 3.05) is 5.73 Å². The summed E-state index contributed by atoms with van der Waals surface area (Å²) in [6.45, 7) is 5.93. The highest BCUT2D eigenvalue weighted by Gasteiger charge is 2.05. The fraction of sp³-hybridized carbons (Fsp3) is 0.214. The maximum atomic E-state index is 5.83. The molecule has 88 valence electrons. The topological polar surface area (TPSA) is 48.1 Å². The van der Waals surface area contributed by atoms with E-state index >= 15 is 0 Å². The Labute approximate surface area is 101 Å². The zero-order valence-electron chi connectivity index (χ0n) is 10.3. The molecule has 2 rings (SSSR count). The van der Waals surface area contributed by atoms with Crippen LogP contribution < -0.4 is 10.5 Å². The van der Waals surface area contributed by atoms with E-state index in [1.54, 1.807) is 6.20 Å². The highest BCUT2D eigenvalue weighted by atomic mass is 16.5. The zero-order valence-corrected chi connectivity index (χ0v) is 10.3. The molecule has 0 spiro atoms. The van der Waals surface area contributed by atoms with E-state index in [9.17, 15) is 0 Å². The summed E-state index contributed by atoms with van der Waals surface area (Å²) < 4.78 is 5.73. The number of nitrogen functional groups attached to an aromatic ring is 1. The molecule has 1 aromatic carbocycles. The molecule has 0 unspecified atom stereocenters. The Bertz CT molecular complexity index is 533. The first-order valence-electron chi connectivity index (χ1n) is 5.53. The Morgan fingerprint density at radius 1 is 1.06 bits per heavy atom. The van der Waals surface area contributed by atoms with Crippen molar-refractivity contribution < 1.29 is 4.74 Å². The summed E-state index contributed by atoms with van der Waals surface area (Å²) in [6, 6.07) is 7.69. The molecule has 3 nitrogen and oxygen atoms in total. The fourth-order valence-corrected chi connectivity index (χ4v) is 1.55. The molecule has 1 heterocycles. The van der Waals surface area contributed by atoms with Gasteiger partial charge in [-0.2, -0.15) is 0 Å². The van der Waals surface area contributed by atoms with Crippen LogP contribution in [0.25, 0.3) is 0 Å². The number of hydrogen-bond donors (Lipinski definition) is 1. The van der Waals surface area contributed by atoms with E-state index in [-0.39, 0.29) is 0 Å². The molecule has 3 heteroatoms. The Morgan fingerprint density at radius 2 is 1.82 bits per heavy atom. The minimum absolute atomic E-state index is 0.600. The van der Waals surface area contributed by atoms with Crippen LogP contribution in [0.1, 0.15) is 16.7 Å². The molecule has 1 aromatic heterocycles. The third-order valence-electron chi connectivity index (χ3n) is 2.66. The van der Waals surface area contributed by atoms with E-state index in [0.29, 0.717) is 5.88 Å². The molecule has 0 amide bonds. The van der Waals surface area contributed by atoms with Gasteiger partial charge >= 0.3 is 0 Å². The van der Waals surface area contributed by atoms with Crippen LogP contribution in [0.3, 0.4) is 0 Å². The van der Waals surface area contributed by atoms with Crippen molar-refractivity contribution in [2.24, 2.45) is 0 Å². The number of benzene rings is 1. The fourth-order valence-electron chi connectivity index (χ4n) is 1.55. The van der Waals surface area contributed by atoms with Crippen LogP contribution in [0.15, 0.2) is 30.5 Å². The second-order valence-corrected chi connectivity index (χ2v) is 4.25. The number of pyridine rings is 1. The van der Waals surface area contributed by atoms with E-state index in [1.165, 1.54) is 0 Å². The van der Waals surface area contributed by atoms with Gasteiger partial charge in [-0.05, 0) is 49.6 Å². The van der Waals surface area contributed by atoms with Gasteiger partial charge < -0.3 is 10.5 Å². The van der Waals surface area contributed by atoms with Gasteiger partial charge in [-0.1, -0.05) is 6.07 Å². The van der Waals surface area contributed by atoms with Crippen LogP contribution in [0, 0.1) is 20.8 Å². The van der Waals surface area contributed by atoms with E-state index in [1.807, 2.05) is 45.0 Å². The number of nitrogens with two attached hydrogens (primary N) is 1. The highest BCUT2D eigenvalue weighted by Crippen LogP contribution is 2.27. The van der Waals surface area contributed by atoms with Crippen molar-refractivity contribution in [3.63, 3.8) is 0 Å². The maximum Gasteiger partial charge on any atom is 0.219 e. The molecule has 0 fully saturated rings. The first kappa shape index (κ1) is 11.5. The second kappa shape index (κ2) is 4.45. The number of ether oxygens (including phenoxy) is 1. The first-order valence-corrected chi connectivity index (χ1v) is 5.53. The van der Waals surface area contributed by atoms with Crippen molar-refractivity contribution in [1.29, 1.82) is 0 Å². The molecule has 2 N–H and O–H groups in total. The maximum absolute atomic E-state index is 5.83. The molecule has 0 aliphatic rings. The van der Waals surface area contributed by atoms with E-state index < -0.39 is 0 Å². The lowest BCUT2D eigenvalue weighted by atomic mass is 10.1. The third kappa shape index (κ3) is 2.56. The van der Waals surface area contributed by atoms with Crippen molar-refractivity contribution in [2.45, 2.75) is 20.8 Å². The van der Waals surface area contributed by atoms with Crippen LogP contribution in [0.4, 0.5) is 5.69 Å². The SMILES string of the molecule is Cc1ccc(Oc2cc(C)c(N)cc2C)nc1. The largest absolute Gasteiger partial charge is 0.439 e. The lowest BCUT2D eigenvalue weighted by Gasteiger charge is -2.10. The Kier molecular flexibility index (Phi) is 3.00. The summed E-state index contributed by atoms with van der Waals surface area (Å²) in [6.07, 6.45) is 1.79. The third-order valence-corrected chi connectivity index (χ3v) is 2.66. The first-order chi connectivity index (χ1) is 8.06. The Balaban J connectivity index is 2.30. The number of hydrogen-bond acceptors (Lipinski definition) is 3.